The first-order chi connectivity index (χ1) is 9.83. The summed E-state index contributed by atoms with van der Waals surface area (Å²) < 4.78 is 1.00. The molecule has 0 aliphatic rings. The van der Waals surface area contributed by atoms with Gasteiger partial charge in [-0.25, -0.2) is 4.98 Å². The summed E-state index contributed by atoms with van der Waals surface area (Å²) in [6, 6.07) is 11.4. The molecule has 1 heterocycles. The van der Waals surface area contributed by atoms with Crippen molar-refractivity contribution in [2.24, 2.45) is 0 Å². The van der Waals surface area contributed by atoms with Gasteiger partial charge in [-0.2, -0.15) is 0 Å². The zero-order chi connectivity index (χ0) is 15.5. The molecule has 0 radical (unpaired) electrons. The minimum atomic E-state index is -0.272. The summed E-state index contributed by atoms with van der Waals surface area (Å²) in [4.78, 5) is 16.2. The minimum absolute atomic E-state index is 0.170. The van der Waals surface area contributed by atoms with E-state index in [0.717, 1.165) is 15.8 Å². The molecular weight excluding hydrogens is 330 g/mol. The Morgan fingerprint density at radius 3 is 2.48 bits per heavy atom. The number of aromatic nitrogens is 1. The largest absolute Gasteiger partial charge is 0.354 e. The second kappa shape index (κ2) is 6.26. The Hall–Kier alpha value is -1.88. The lowest BCUT2D eigenvalue weighted by molar-refractivity contribution is 0.0914. The Kier molecular flexibility index (Phi) is 4.63. The van der Waals surface area contributed by atoms with Crippen molar-refractivity contribution in [1.82, 2.24) is 10.3 Å². The quantitative estimate of drug-likeness (QED) is 0.878. The molecule has 21 heavy (non-hydrogen) atoms. The van der Waals surface area contributed by atoms with E-state index >= 15 is 0 Å². The average Bonchev–Trinajstić information content (AvgIpc) is 2.37. The Bertz CT molecular complexity index is 633. The van der Waals surface area contributed by atoms with Crippen LogP contribution in [0.4, 0.5) is 11.4 Å². The molecule has 0 spiro atoms. The number of nitrogens with zero attached hydrogens (tertiary/aromatic N) is 1. The maximum absolute atomic E-state index is 12.0. The molecule has 0 atom stereocenters. The van der Waals surface area contributed by atoms with Crippen molar-refractivity contribution in [3.63, 3.8) is 0 Å². The topological polar surface area (TPSA) is 54.0 Å². The number of hydrogen-bond acceptors (Lipinski definition) is 3. The van der Waals surface area contributed by atoms with Crippen molar-refractivity contribution in [1.29, 1.82) is 0 Å². The molecule has 2 aromatic rings. The summed E-state index contributed by atoms with van der Waals surface area (Å²) >= 11 is 3.43. The van der Waals surface area contributed by atoms with Gasteiger partial charge in [0.05, 0.1) is 11.9 Å². The molecule has 0 saturated carbocycles. The number of benzene rings is 1. The molecule has 0 aliphatic carbocycles. The number of hydrogen-bond donors (Lipinski definition) is 2. The Morgan fingerprint density at radius 2 is 1.90 bits per heavy atom. The summed E-state index contributed by atoms with van der Waals surface area (Å²) in [5, 5.41) is 6.12. The van der Waals surface area contributed by atoms with Crippen LogP contribution in [0.2, 0.25) is 0 Å². The molecule has 0 unspecified atom stereocenters. The van der Waals surface area contributed by atoms with Crippen molar-refractivity contribution in [2.45, 2.75) is 26.3 Å². The third kappa shape index (κ3) is 4.86. The van der Waals surface area contributed by atoms with Gasteiger partial charge in [-0.15, -0.1) is 0 Å². The van der Waals surface area contributed by atoms with Crippen molar-refractivity contribution in [3.05, 3.63) is 52.8 Å². The van der Waals surface area contributed by atoms with E-state index in [4.69, 9.17) is 0 Å². The predicted octanol–water partition coefficient (Wildman–Crippen LogP) is 4.12. The highest BCUT2D eigenvalue weighted by atomic mass is 79.9. The summed E-state index contributed by atoms with van der Waals surface area (Å²) in [5.74, 6) is -0.170. The number of carbonyl (C=O) groups excluding carboxylic acids is 1. The number of amides is 1. The van der Waals surface area contributed by atoms with Crippen LogP contribution in [0.3, 0.4) is 0 Å². The van der Waals surface area contributed by atoms with Gasteiger partial charge >= 0.3 is 0 Å². The van der Waals surface area contributed by atoms with E-state index in [0.29, 0.717) is 5.69 Å². The molecule has 110 valence electrons. The number of anilines is 2. The van der Waals surface area contributed by atoms with Crippen molar-refractivity contribution in [3.8, 4) is 0 Å². The molecular formula is C16H18BrN3O. The molecule has 0 aliphatic heterocycles. The zero-order valence-corrected chi connectivity index (χ0v) is 13.9. The first kappa shape index (κ1) is 15.5. The number of nitrogens with one attached hydrogen (secondary N) is 2. The third-order valence-corrected chi connectivity index (χ3v) is 3.09. The number of halogens is 1. The maximum atomic E-state index is 12.0. The van der Waals surface area contributed by atoms with Crippen LogP contribution in [0.25, 0.3) is 0 Å². The Balaban J connectivity index is 2.07. The van der Waals surface area contributed by atoms with Crippen molar-refractivity contribution < 1.29 is 4.79 Å². The summed E-state index contributed by atoms with van der Waals surface area (Å²) in [6.07, 6.45) is 1.65. The second-order valence-corrected chi connectivity index (χ2v) is 6.69. The van der Waals surface area contributed by atoms with Crippen LogP contribution in [0.5, 0.6) is 0 Å². The molecule has 2 rings (SSSR count). The predicted molar refractivity (Wildman–Crippen MR) is 88.9 cm³/mol. The Labute approximate surface area is 133 Å². The van der Waals surface area contributed by atoms with Crippen molar-refractivity contribution >= 4 is 33.2 Å². The van der Waals surface area contributed by atoms with Gasteiger partial charge < -0.3 is 10.6 Å². The number of carbonyl (C=O) groups is 1. The van der Waals surface area contributed by atoms with E-state index in [2.05, 4.69) is 31.5 Å². The lowest BCUT2D eigenvalue weighted by atomic mass is 10.1. The van der Waals surface area contributed by atoms with E-state index < -0.39 is 0 Å². The van der Waals surface area contributed by atoms with Crippen LogP contribution in [0.15, 0.2) is 47.1 Å². The fraction of sp³-hybridized carbons (Fsp3) is 0.250. The Morgan fingerprint density at radius 1 is 1.14 bits per heavy atom. The molecule has 4 nitrogen and oxygen atoms in total. The van der Waals surface area contributed by atoms with Gasteiger partial charge in [0, 0.05) is 15.7 Å². The van der Waals surface area contributed by atoms with Crippen LogP contribution in [0.1, 0.15) is 31.3 Å². The van der Waals surface area contributed by atoms with Gasteiger partial charge in [0.2, 0.25) is 0 Å². The van der Waals surface area contributed by atoms with Crippen molar-refractivity contribution in [2.75, 3.05) is 5.32 Å². The molecule has 0 saturated heterocycles. The van der Waals surface area contributed by atoms with Crippen LogP contribution in [-0.4, -0.2) is 16.4 Å². The lowest BCUT2D eigenvalue weighted by Gasteiger charge is -2.20. The maximum Gasteiger partial charge on any atom is 0.270 e. The van der Waals surface area contributed by atoms with Crippen LogP contribution < -0.4 is 10.6 Å². The highest BCUT2D eigenvalue weighted by molar-refractivity contribution is 9.10. The van der Waals surface area contributed by atoms with Gasteiger partial charge in [0.15, 0.2) is 0 Å². The molecule has 2 N–H and O–H groups in total. The normalized spacial score (nSPS) is 11.0. The SMILES string of the molecule is CC(C)(C)NC(=O)c1ccc(Nc2cccc(Br)c2)cn1. The zero-order valence-electron chi connectivity index (χ0n) is 12.3. The second-order valence-electron chi connectivity index (χ2n) is 5.77. The monoisotopic (exact) mass is 347 g/mol. The standard InChI is InChI=1S/C16H18BrN3O/c1-16(2,3)20-15(21)14-8-7-13(10-18-14)19-12-6-4-5-11(17)9-12/h4-10,19H,1-3H3,(H,20,21). The highest BCUT2D eigenvalue weighted by Gasteiger charge is 2.15. The number of rotatable bonds is 3. The smallest absolute Gasteiger partial charge is 0.270 e. The molecule has 5 heteroatoms. The van der Waals surface area contributed by atoms with Crippen LogP contribution >= 0.6 is 15.9 Å². The lowest BCUT2D eigenvalue weighted by Crippen LogP contribution is -2.40. The van der Waals surface area contributed by atoms with E-state index in [1.165, 1.54) is 0 Å². The molecule has 0 fully saturated rings. The summed E-state index contributed by atoms with van der Waals surface area (Å²) in [6.45, 7) is 5.82. The summed E-state index contributed by atoms with van der Waals surface area (Å²) in [5.41, 5.74) is 1.93. The van der Waals surface area contributed by atoms with Crippen LogP contribution in [0, 0.1) is 0 Å². The first-order valence-corrected chi connectivity index (χ1v) is 7.44. The fourth-order valence-electron chi connectivity index (χ4n) is 1.74. The molecule has 1 aromatic heterocycles. The number of pyridine rings is 1. The van der Waals surface area contributed by atoms with E-state index in [-0.39, 0.29) is 11.4 Å². The van der Waals surface area contributed by atoms with Crippen LogP contribution in [-0.2, 0) is 0 Å². The third-order valence-electron chi connectivity index (χ3n) is 2.60. The first-order valence-electron chi connectivity index (χ1n) is 6.65. The van der Waals surface area contributed by atoms with Gasteiger partial charge in [-0.05, 0) is 51.1 Å². The molecule has 0 bridgehead atoms. The van der Waals surface area contributed by atoms with E-state index in [1.807, 2.05) is 51.1 Å². The summed E-state index contributed by atoms with van der Waals surface area (Å²) in [7, 11) is 0. The highest BCUT2D eigenvalue weighted by Crippen LogP contribution is 2.20. The minimum Gasteiger partial charge on any atom is -0.354 e. The van der Waals surface area contributed by atoms with Gasteiger partial charge in [0.1, 0.15) is 5.69 Å². The van der Waals surface area contributed by atoms with Gasteiger partial charge in [0.25, 0.3) is 5.91 Å². The van der Waals surface area contributed by atoms with E-state index in [1.54, 1.807) is 12.3 Å². The van der Waals surface area contributed by atoms with Gasteiger partial charge in [-0.1, -0.05) is 22.0 Å². The fourth-order valence-corrected chi connectivity index (χ4v) is 2.14. The molecule has 1 amide bonds. The average molecular weight is 348 g/mol. The van der Waals surface area contributed by atoms with E-state index in [9.17, 15) is 4.79 Å². The molecule has 1 aromatic carbocycles. The van der Waals surface area contributed by atoms with Gasteiger partial charge in [-0.3, -0.25) is 4.79 Å².